The van der Waals surface area contributed by atoms with E-state index in [1.807, 2.05) is 0 Å². The zero-order chi connectivity index (χ0) is 15.7. The van der Waals surface area contributed by atoms with Crippen LogP contribution in [0, 0.1) is 40.4 Å². The van der Waals surface area contributed by atoms with Crippen LogP contribution >= 0.6 is 0 Å². The van der Waals surface area contributed by atoms with Crippen molar-refractivity contribution in [3.05, 3.63) is 11.6 Å². The number of aliphatic hydroxyl groups is 1. The molecule has 0 aliphatic heterocycles. The standard InChI is InChI=1S/C21H34O/c1-13-7-9-20(3)15(11-13)5-6-16-17(20)8-10-21(4)18(16)12-14(2)19(21)22/h5,13-14,16-19,22H,6-12H2,1-4H3/t13-,14-,16+,17-,18-,19?,20-,21-/m0/s1. The fraction of sp³-hybridized carbons (Fsp3) is 0.905. The van der Waals surface area contributed by atoms with Crippen molar-refractivity contribution in [2.75, 3.05) is 0 Å². The predicted molar refractivity (Wildman–Crippen MR) is 91.4 cm³/mol. The molecule has 1 unspecified atom stereocenters. The van der Waals surface area contributed by atoms with Crippen LogP contribution in [0.5, 0.6) is 0 Å². The largest absolute Gasteiger partial charge is 0.392 e. The van der Waals surface area contributed by atoms with E-state index in [1.165, 1.54) is 44.9 Å². The fourth-order valence-corrected chi connectivity index (χ4v) is 7.18. The van der Waals surface area contributed by atoms with Crippen molar-refractivity contribution in [2.45, 2.75) is 78.7 Å². The monoisotopic (exact) mass is 302 g/mol. The number of hydrogen-bond acceptors (Lipinski definition) is 1. The first-order valence-electron chi connectivity index (χ1n) is 9.74. The molecule has 1 nitrogen and oxygen atoms in total. The molecule has 0 aromatic heterocycles. The van der Waals surface area contributed by atoms with E-state index in [1.54, 1.807) is 5.57 Å². The van der Waals surface area contributed by atoms with Crippen molar-refractivity contribution in [3.8, 4) is 0 Å². The summed E-state index contributed by atoms with van der Waals surface area (Å²) in [6, 6.07) is 0. The van der Waals surface area contributed by atoms with Gasteiger partial charge in [-0.3, -0.25) is 0 Å². The number of fused-ring (bicyclic) bond motifs is 5. The summed E-state index contributed by atoms with van der Waals surface area (Å²) >= 11 is 0. The average Bonchev–Trinajstić information content (AvgIpc) is 2.72. The molecular formula is C21H34O. The zero-order valence-electron chi connectivity index (χ0n) is 14.9. The van der Waals surface area contributed by atoms with Crippen molar-refractivity contribution in [2.24, 2.45) is 40.4 Å². The number of rotatable bonds is 0. The van der Waals surface area contributed by atoms with E-state index >= 15 is 0 Å². The highest BCUT2D eigenvalue weighted by Gasteiger charge is 2.59. The Bertz CT molecular complexity index is 494. The van der Waals surface area contributed by atoms with Gasteiger partial charge < -0.3 is 5.11 Å². The summed E-state index contributed by atoms with van der Waals surface area (Å²) in [5.41, 5.74) is 2.47. The minimum absolute atomic E-state index is 0.0667. The van der Waals surface area contributed by atoms with Gasteiger partial charge in [0.15, 0.2) is 0 Å². The van der Waals surface area contributed by atoms with E-state index in [2.05, 4.69) is 33.8 Å². The van der Waals surface area contributed by atoms with Gasteiger partial charge in [0.25, 0.3) is 0 Å². The second kappa shape index (κ2) is 4.85. The molecule has 1 N–H and O–H groups in total. The molecule has 4 rings (SSSR count). The van der Waals surface area contributed by atoms with E-state index in [-0.39, 0.29) is 11.5 Å². The smallest absolute Gasteiger partial charge is 0.0622 e. The topological polar surface area (TPSA) is 20.2 Å². The first-order chi connectivity index (χ1) is 10.4. The van der Waals surface area contributed by atoms with Crippen LogP contribution in [0.15, 0.2) is 11.6 Å². The Labute approximate surface area is 136 Å². The van der Waals surface area contributed by atoms with Gasteiger partial charge in [-0.05, 0) is 85.4 Å². The molecule has 22 heavy (non-hydrogen) atoms. The van der Waals surface area contributed by atoms with Crippen molar-refractivity contribution >= 4 is 0 Å². The van der Waals surface area contributed by atoms with Gasteiger partial charge in [-0.1, -0.05) is 39.3 Å². The Kier molecular flexibility index (Phi) is 3.36. The summed E-state index contributed by atoms with van der Waals surface area (Å²) in [7, 11) is 0. The van der Waals surface area contributed by atoms with E-state index in [9.17, 15) is 5.11 Å². The van der Waals surface area contributed by atoms with Gasteiger partial charge in [0, 0.05) is 0 Å². The molecule has 0 spiro atoms. The van der Waals surface area contributed by atoms with Crippen LogP contribution in [-0.2, 0) is 0 Å². The molecular weight excluding hydrogens is 268 g/mol. The van der Waals surface area contributed by atoms with Gasteiger partial charge in [0.1, 0.15) is 0 Å². The number of aliphatic hydroxyl groups excluding tert-OH is 1. The van der Waals surface area contributed by atoms with Crippen molar-refractivity contribution < 1.29 is 5.11 Å². The van der Waals surface area contributed by atoms with Crippen LogP contribution in [-0.4, -0.2) is 11.2 Å². The van der Waals surface area contributed by atoms with Crippen LogP contribution < -0.4 is 0 Å². The predicted octanol–water partition coefficient (Wildman–Crippen LogP) is 5.19. The van der Waals surface area contributed by atoms with Crippen molar-refractivity contribution in [3.63, 3.8) is 0 Å². The molecule has 4 aliphatic carbocycles. The summed E-state index contributed by atoms with van der Waals surface area (Å²) in [6.45, 7) is 9.68. The van der Waals surface area contributed by atoms with Gasteiger partial charge >= 0.3 is 0 Å². The minimum Gasteiger partial charge on any atom is -0.392 e. The Balaban J connectivity index is 1.68. The SMILES string of the molecule is C[C@H]1CC[C@@]2(C)C(=CC[C@@H]3[C@@H]2CC[C@]2(C)C(O)[C@@H](C)C[C@@H]32)C1. The van der Waals surface area contributed by atoms with E-state index < -0.39 is 0 Å². The lowest BCUT2D eigenvalue weighted by atomic mass is 9.47. The summed E-state index contributed by atoms with van der Waals surface area (Å²) < 4.78 is 0. The van der Waals surface area contributed by atoms with Gasteiger partial charge in [0.2, 0.25) is 0 Å². The lowest BCUT2D eigenvalue weighted by Gasteiger charge is -2.57. The average molecular weight is 303 g/mol. The van der Waals surface area contributed by atoms with Crippen LogP contribution in [0.25, 0.3) is 0 Å². The third-order valence-electron chi connectivity index (χ3n) is 8.63. The molecule has 3 fully saturated rings. The Morgan fingerprint density at radius 3 is 2.64 bits per heavy atom. The highest BCUT2D eigenvalue weighted by molar-refractivity contribution is 5.25. The third kappa shape index (κ3) is 1.87. The van der Waals surface area contributed by atoms with Gasteiger partial charge in [-0.2, -0.15) is 0 Å². The first kappa shape index (κ1) is 15.2. The molecule has 1 heteroatoms. The van der Waals surface area contributed by atoms with Gasteiger partial charge in [-0.15, -0.1) is 0 Å². The molecule has 0 amide bonds. The lowest BCUT2D eigenvalue weighted by Crippen LogP contribution is -2.50. The summed E-state index contributed by atoms with van der Waals surface area (Å²) in [5.74, 6) is 3.86. The Morgan fingerprint density at radius 1 is 1.09 bits per heavy atom. The second-order valence-corrected chi connectivity index (χ2v) is 9.81. The minimum atomic E-state index is -0.0667. The molecule has 0 aromatic carbocycles. The van der Waals surface area contributed by atoms with Crippen molar-refractivity contribution in [1.29, 1.82) is 0 Å². The first-order valence-corrected chi connectivity index (χ1v) is 9.74. The summed E-state index contributed by atoms with van der Waals surface area (Å²) in [4.78, 5) is 0. The maximum absolute atomic E-state index is 10.8. The van der Waals surface area contributed by atoms with E-state index in [0.29, 0.717) is 11.3 Å². The van der Waals surface area contributed by atoms with E-state index in [0.717, 1.165) is 23.7 Å². The van der Waals surface area contributed by atoms with Crippen LogP contribution in [0.3, 0.4) is 0 Å². The maximum Gasteiger partial charge on any atom is 0.0622 e. The molecule has 0 aromatic rings. The highest BCUT2D eigenvalue weighted by atomic mass is 16.3. The Morgan fingerprint density at radius 2 is 1.86 bits per heavy atom. The zero-order valence-corrected chi connectivity index (χ0v) is 14.9. The van der Waals surface area contributed by atoms with Crippen molar-refractivity contribution in [1.82, 2.24) is 0 Å². The van der Waals surface area contributed by atoms with Gasteiger partial charge in [-0.25, -0.2) is 0 Å². The summed E-state index contributed by atoms with van der Waals surface area (Å²) in [5, 5.41) is 10.8. The van der Waals surface area contributed by atoms with E-state index in [4.69, 9.17) is 0 Å². The fourth-order valence-electron chi connectivity index (χ4n) is 7.18. The molecule has 0 radical (unpaired) electrons. The normalized spacial score (nSPS) is 57.6. The van der Waals surface area contributed by atoms with Crippen LogP contribution in [0.4, 0.5) is 0 Å². The third-order valence-corrected chi connectivity index (χ3v) is 8.63. The maximum atomic E-state index is 10.8. The van der Waals surface area contributed by atoms with Crippen LogP contribution in [0.1, 0.15) is 72.6 Å². The van der Waals surface area contributed by atoms with Gasteiger partial charge in [0.05, 0.1) is 6.10 Å². The van der Waals surface area contributed by atoms with Crippen LogP contribution in [0.2, 0.25) is 0 Å². The molecule has 0 heterocycles. The molecule has 8 atom stereocenters. The lowest BCUT2D eigenvalue weighted by molar-refractivity contribution is -0.0713. The molecule has 3 saturated carbocycles. The molecule has 0 bridgehead atoms. The second-order valence-electron chi connectivity index (χ2n) is 9.81. The number of allylic oxidation sites excluding steroid dienone is 2. The quantitative estimate of drug-likeness (QED) is 0.610. The molecule has 4 aliphatic rings. The highest BCUT2D eigenvalue weighted by Crippen LogP contribution is 2.65. The number of hydrogen-bond donors (Lipinski definition) is 1. The summed E-state index contributed by atoms with van der Waals surface area (Å²) in [6.07, 6.45) is 11.9. The molecule has 124 valence electrons. The molecule has 0 saturated heterocycles. The Hall–Kier alpha value is -0.300.